The average Bonchev–Trinajstić information content (AvgIpc) is 3.38. The molecular weight excluding hydrogens is 498 g/mol. The van der Waals surface area contributed by atoms with Crippen LogP contribution < -0.4 is 0 Å². The summed E-state index contributed by atoms with van der Waals surface area (Å²) >= 11 is 5.56. The molecule has 34 heavy (non-hydrogen) atoms. The summed E-state index contributed by atoms with van der Waals surface area (Å²) in [6.45, 7) is 2.18. The first-order valence-electron chi connectivity index (χ1n) is 11.4. The molecule has 2 heterocycles. The monoisotopic (exact) mass is 517 g/mol. The van der Waals surface area contributed by atoms with Crippen LogP contribution in [0.2, 0.25) is 0 Å². The van der Waals surface area contributed by atoms with Gasteiger partial charge in [-0.1, -0.05) is 76.6 Å². The number of hydrogen-bond acceptors (Lipinski definition) is 1. The number of fused-ring (bicyclic) bond motifs is 6. The Balaban J connectivity index is 1.53. The van der Waals surface area contributed by atoms with Crippen LogP contribution in [0.3, 0.4) is 0 Å². The number of thiophene rings is 1. The molecule has 0 saturated heterocycles. The Bertz CT molecular complexity index is 1890. The van der Waals surface area contributed by atoms with Crippen LogP contribution in [0.1, 0.15) is 5.56 Å². The van der Waals surface area contributed by atoms with Crippen LogP contribution in [-0.4, -0.2) is 4.57 Å². The molecule has 5 aromatic carbocycles. The van der Waals surface area contributed by atoms with E-state index in [1.807, 2.05) is 11.3 Å². The number of nitrogens with zero attached hydrogens (tertiary/aromatic N) is 1. The van der Waals surface area contributed by atoms with Gasteiger partial charge in [-0.15, -0.1) is 11.3 Å². The first-order chi connectivity index (χ1) is 16.7. The third kappa shape index (κ3) is 2.97. The molecule has 0 saturated carbocycles. The SMILES string of the molecule is Cc1ccccc1-n1c2cc(Br)ccc2c2ccc(-c3ccc4sc5ccccc5c4c3)cc21. The van der Waals surface area contributed by atoms with Gasteiger partial charge in [-0.05, 0) is 66.1 Å². The highest BCUT2D eigenvalue weighted by atomic mass is 79.9. The summed E-state index contributed by atoms with van der Waals surface area (Å²) in [7, 11) is 0. The fourth-order valence-corrected chi connectivity index (χ4v) is 6.59. The zero-order chi connectivity index (χ0) is 22.8. The van der Waals surface area contributed by atoms with Crippen molar-refractivity contribution < 1.29 is 0 Å². The van der Waals surface area contributed by atoms with E-state index >= 15 is 0 Å². The van der Waals surface area contributed by atoms with Crippen molar-refractivity contribution in [3.63, 3.8) is 0 Å². The zero-order valence-electron chi connectivity index (χ0n) is 18.5. The minimum absolute atomic E-state index is 1.09. The molecule has 2 aromatic heterocycles. The van der Waals surface area contributed by atoms with Crippen molar-refractivity contribution in [2.75, 3.05) is 0 Å². The largest absolute Gasteiger partial charge is 0.309 e. The Morgan fingerprint density at radius 1 is 0.588 bits per heavy atom. The van der Waals surface area contributed by atoms with Crippen LogP contribution in [-0.2, 0) is 0 Å². The van der Waals surface area contributed by atoms with Crippen molar-refractivity contribution in [3.05, 3.63) is 113 Å². The maximum Gasteiger partial charge on any atom is 0.0552 e. The molecule has 0 radical (unpaired) electrons. The molecule has 0 amide bonds. The van der Waals surface area contributed by atoms with Crippen LogP contribution in [0, 0.1) is 6.92 Å². The second-order valence-electron chi connectivity index (χ2n) is 8.82. The Morgan fingerprint density at radius 3 is 2.15 bits per heavy atom. The van der Waals surface area contributed by atoms with E-state index in [2.05, 4.69) is 131 Å². The van der Waals surface area contributed by atoms with Gasteiger partial charge >= 0.3 is 0 Å². The Labute approximate surface area is 210 Å². The van der Waals surface area contributed by atoms with E-state index in [4.69, 9.17) is 0 Å². The van der Waals surface area contributed by atoms with Crippen LogP contribution in [0.4, 0.5) is 0 Å². The Morgan fingerprint density at radius 2 is 1.26 bits per heavy atom. The summed E-state index contributed by atoms with van der Waals surface area (Å²) in [6, 6.07) is 37.7. The molecule has 0 N–H and O–H groups in total. The van der Waals surface area contributed by atoms with E-state index in [0.29, 0.717) is 0 Å². The van der Waals surface area contributed by atoms with Gasteiger partial charge in [-0.25, -0.2) is 0 Å². The third-order valence-electron chi connectivity index (χ3n) is 6.80. The summed E-state index contributed by atoms with van der Waals surface area (Å²) in [5.74, 6) is 0. The first kappa shape index (κ1) is 20.0. The number of hydrogen-bond donors (Lipinski definition) is 0. The maximum atomic E-state index is 3.69. The zero-order valence-corrected chi connectivity index (χ0v) is 21.0. The van der Waals surface area contributed by atoms with Crippen molar-refractivity contribution in [1.82, 2.24) is 4.57 Å². The van der Waals surface area contributed by atoms with Crippen molar-refractivity contribution in [2.24, 2.45) is 0 Å². The van der Waals surface area contributed by atoms with Gasteiger partial charge in [0.05, 0.1) is 11.0 Å². The minimum atomic E-state index is 1.09. The van der Waals surface area contributed by atoms with Crippen molar-refractivity contribution in [1.29, 1.82) is 0 Å². The molecule has 0 unspecified atom stereocenters. The first-order valence-corrected chi connectivity index (χ1v) is 13.0. The molecule has 0 aliphatic heterocycles. The summed E-state index contributed by atoms with van der Waals surface area (Å²) in [6.07, 6.45) is 0. The maximum absolute atomic E-state index is 3.69. The van der Waals surface area contributed by atoms with Crippen LogP contribution in [0.5, 0.6) is 0 Å². The van der Waals surface area contributed by atoms with Gasteiger partial charge in [0.15, 0.2) is 0 Å². The third-order valence-corrected chi connectivity index (χ3v) is 8.44. The molecule has 0 aliphatic rings. The Hall–Kier alpha value is -3.40. The van der Waals surface area contributed by atoms with Crippen LogP contribution in [0.25, 0.3) is 58.8 Å². The second kappa shape index (κ2) is 7.56. The molecule has 0 spiro atoms. The molecule has 3 heteroatoms. The van der Waals surface area contributed by atoms with E-state index in [-0.39, 0.29) is 0 Å². The van der Waals surface area contributed by atoms with E-state index in [0.717, 1.165) is 4.47 Å². The van der Waals surface area contributed by atoms with E-state index in [1.165, 1.54) is 64.4 Å². The number of aryl methyl sites for hydroxylation is 1. The fourth-order valence-electron chi connectivity index (χ4n) is 5.15. The predicted octanol–water partition coefficient (Wildman–Crippen LogP) is 9.89. The number of aromatic nitrogens is 1. The molecular formula is C31H20BrNS. The normalized spacial score (nSPS) is 11.8. The standard InChI is InChI=1S/C31H20BrNS/c1-19-6-2-4-8-27(19)33-28-17-21(10-13-23(28)24-14-12-22(32)18-29(24)33)20-11-15-31-26(16-20)25-7-3-5-9-30(25)34-31/h2-18H,1H3. The average molecular weight is 518 g/mol. The lowest BCUT2D eigenvalue weighted by Crippen LogP contribution is -1.96. The minimum Gasteiger partial charge on any atom is -0.309 e. The van der Waals surface area contributed by atoms with Gasteiger partial charge in [0.2, 0.25) is 0 Å². The highest BCUT2D eigenvalue weighted by Crippen LogP contribution is 2.39. The number of halogens is 1. The van der Waals surface area contributed by atoms with E-state index in [9.17, 15) is 0 Å². The quantitative estimate of drug-likeness (QED) is 0.215. The van der Waals surface area contributed by atoms with E-state index < -0.39 is 0 Å². The molecule has 0 atom stereocenters. The molecule has 162 valence electrons. The number of benzene rings is 5. The van der Waals surface area contributed by atoms with Gasteiger partial charge in [0.1, 0.15) is 0 Å². The lowest BCUT2D eigenvalue weighted by molar-refractivity contribution is 1.15. The number of para-hydroxylation sites is 1. The summed E-state index contributed by atoms with van der Waals surface area (Å²) in [5.41, 5.74) is 7.42. The lowest BCUT2D eigenvalue weighted by Gasteiger charge is -2.12. The Kier molecular flexibility index (Phi) is 4.45. The van der Waals surface area contributed by atoms with Crippen LogP contribution >= 0.6 is 27.3 Å². The summed E-state index contributed by atoms with van der Waals surface area (Å²) in [4.78, 5) is 0. The highest BCUT2D eigenvalue weighted by Gasteiger charge is 2.15. The number of rotatable bonds is 2. The molecule has 0 fully saturated rings. The van der Waals surface area contributed by atoms with Gasteiger partial charge < -0.3 is 4.57 Å². The van der Waals surface area contributed by atoms with Crippen molar-refractivity contribution >= 4 is 69.2 Å². The lowest BCUT2D eigenvalue weighted by atomic mass is 10.0. The van der Waals surface area contributed by atoms with Gasteiger partial charge in [0.25, 0.3) is 0 Å². The summed E-state index contributed by atoms with van der Waals surface area (Å²) < 4.78 is 6.18. The van der Waals surface area contributed by atoms with Crippen molar-refractivity contribution in [3.8, 4) is 16.8 Å². The van der Waals surface area contributed by atoms with E-state index in [1.54, 1.807) is 0 Å². The topological polar surface area (TPSA) is 4.93 Å². The molecule has 7 aromatic rings. The van der Waals surface area contributed by atoms with Crippen LogP contribution in [0.15, 0.2) is 108 Å². The van der Waals surface area contributed by atoms with Gasteiger partial charge in [-0.3, -0.25) is 0 Å². The molecule has 1 nitrogen and oxygen atoms in total. The van der Waals surface area contributed by atoms with Gasteiger partial charge in [0, 0.05) is 41.1 Å². The smallest absolute Gasteiger partial charge is 0.0552 e. The molecule has 7 rings (SSSR count). The van der Waals surface area contributed by atoms with Gasteiger partial charge in [-0.2, -0.15) is 0 Å². The predicted molar refractivity (Wildman–Crippen MR) is 152 cm³/mol. The molecule has 0 aliphatic carbocycles. The summed E-state index contributed by atoms with van der Waals surface area (Å²) in [5, 5.41) is 5.22. The molecule has 0 bridgehead atoms. The highest BCUT2D eigenvalue weighted by molar-refractivity contribution is 9.10. The van der Waals surface area contributed by atoms with Crippen molar-refractivity contribution in [2.45, 2.75) is 6.92 Å². The fraction of sp³-hybridized carbons (Fsp3) is 0.0323. The second-order valence-corrected chi connectivity index (χ2v) is 10.8.